The molecule has 0 amide bonds. The molecule has 1 saturated heterocycles. The monoisotopic (exact) mass is 283 g/mol. The van der Waals surface area contributed by atoms with Crippen molar-refractivity contribution in [2.24, 2.45) is 5.41 Å². The van der Waals surface area contributed by atoms with Crippen molar-refractivity contribution in [3.8, 4) is 0 Å². The fourth-order valence-corrected chi connectivity index (χ4v) is 3.76. The van der Waals surface area contributed by atoms with Gasteiger partial charge in [0.1, 0.15) is 5.82 Å². The molecule has 0 aromatic heterocycles. The minimum atomic E-state index is -1.24. The zero-order valence-electron chi connectivity index (χ0n) is 11.1. The molecule has 2 N–H and O–H groups in total. The summed E-state index contributed by atoms with van der Waals surface area (Å²) in [6.45, 7) is 4.40. The fraction of sp³-hybridized carbons (Fsp3) is 0.500. The van der Waals surface area contributed by atoms with Crippen LogP contribution in [0.1, 0.15) is 30.6 Å². The van der Waals surface area contributed by atoms with E-state index in [9.17, 15) is 9.18 Å². The topological polar surface area (TPSA) is 49.3 Å². The molecule has 5 heteroatoms. The lowest BCUT2D eigenvalue weighted by Gasteiger charge is -2.39. The third kappa shape index (κ3) is 3.21. The van der Waals surface area contributed by atoms with Gasteiger partial charge in [-0.2, -0.15) is 11.8 Å². The lowest BCUT2D eigenvalue weighted by molar-refractivity contribution is 0.0692. The molecule has 1 aliphatic rings. The van der Waals surface area contributed by atoms with Crippen molar-refractivity contribution >= 4 is 23.4 Å². The van der Waals surface area contributed by atoms with Gasteiger partial charge >= 0.3 is 5.97 Å². The van der Waals surface area contributed by atoms with Crippen LogP contribution in [-0.2, 0) is 0 Å². The van der Waals surface area contributed by atoms with E-state index in [1.54, 1.807) is 6.07 Å². The Kier molecular flexibility index (Phi) is 4.04. The summed E-state index contributed by atoms with van der Waals surface area (Å²) in [6, 6.07) is 4.43. The molecule has 0 radical (unpaired) electrons. The normalized spacial score (nSPS) is 21.9. The van der Waals surface area contributed by atoms with E-state index in [0.29, 0.717) is 5.69 Å². The highest BCUT2D eigenvalue weighted by Crippen LogP contribution is 2.36. The summed E-state index contributed by atoms with van der Waals surface area (Å²) in [4.78, 5) is 10.9. The van der Waals surface area contributed by atoms with E-state index in [1.807, 2.05) is 11.8 Å². The van der Waals surface area contributed by atoms with E-state index >= 15 is 0 Å². The van der Waals surface area contributed by atoms with Crippen LogP contribution in [0.3, 0.4) is 0 Å². The van der Waals surface area contributed by atoms with Crippen molar-refractivity contribution < 1.29 is 14.3 Å². The average molecular weight is 283 g/mol. The molecule has 1 heterocycles. The van der Waals surface area contributed by atoms with Gasteiger partial charge in [0.25, 0.3) is 0 Å². The minimum absolute atomic E-state index is 0.156. The summed E-state index contributed by atoms with van der Waals surface area (Å²) in [6.07, 6.45) is 1.11. The van der Waals surface area contributed by atoms with Gasteiger partial charge in [-0.05, 0) is 35.8 Å². The van der Waals surface area contributed by atoms with Gasteiger partial charge in [0.2, 0.25) is 0 Å². The number of rotatable bonds is 3. The Morgan fingerprint density at radius 1 is 1.53 bits per heavy atom. The first kappa shape index (κ1) is 14.2. The third-order valence-electron chi connectivity index (χ3n) is 3.66. The molecule has 3 nitrogen and oxygen atoms in total. The van der Waals surface area contributed by atoms with E-state index in [-0.39, 0.29) is 17.0 Å². The maximum absolute atomic E-state index is 13.3. The van der Waals surface area contributed by atoms with E-state index in [4.69, 9.17) is 5.11 Å². The van der Waals surface area contributed by atoms with Gasteiger partial charge in [0, 0.05) is 17.5 Å². The van der Waals surface area contributed by atoms with E-state index in [1.165, 1.54) is 12.1 Å². The maximum atomic E-state index is 13.3. The van der Waals surface area contributed by atoms with Crippen LogP contribution in [0.5, 0.6) is 0 Å². The molecule has 1 aromatic rings. The Hall–Kier alpha value is -1.23. The molecule has 1 fully saturated rings. The molecule has 1 aliphatic heterocycles. The number of nitrogens with one attached hydrogen (secondary N) is 1. The summed E-state index contributed by atoms with van der Waals surface area (Å²) in [5.74, 6) is 0.190. The quantitative estimate of drug-likeness (QED) is 0.892. The number of thioether (sulfide) groups is 1. The van der Waals surface area contributed by atoms with Gasteiger partial charge in [-0.25, -0.2) is 9.18 Å². The molecule has 2 rings (SSSR count). The predicted molar refractivity (Wildman–Crippen MR) is 76.5 cm³/mol. The molecule has 1 atom stereocenters. The zero-order valence-corrected chi connectivity index (χ0v) is 11.9. The summed E-state index contributed by atoms with van der Waals surface area (Å²) in [5.41, 5.74) is 0.536. The molecule has 0 bridgehead atoms. The summed E-state index contributed by atoms with van der Waals surface area (Å²) in [5, 5.41) is 12.3. The van der Waals surface area contributed by atoms with E-state index in [2.05, 4.69) is 19.2 Å². The molecule has 0 spiro atoms. The largest absolute Gasteiger partial charge is 0.478 e. The minimum Gasteiger partial charge on any atom is -0.478 e. The molecule has 19 heavy (non-hydrogen) atoms. The number of benzene rings is 1. The molecule has 0 aliphatic carbocycles. The first-order chi connectivity index (χ1) is 8.90. The van der Waals surface area contributed by atoms with E-state index < -0.39 is 11.8 Å². The predicted octanol–water partition coefficient (Wildman–Crippen LogP) is 3.47. The maximum Gasteiger partial charge on any atom is 0.338 e. The second-order valence-corrected chi connectivity index (χ2v) is 6.66. The number of halogens is 1. The van der Waals surface area contributed by atoms with Crippen molar-refractivity contribution in [1.29, 1.82) is 0 Å². The van der Waals surface area contributed by atoms with Gasteiger partial charge in [0.05, 0.1) is 5.56 Å². The number of hydrogen-bond donors (Lipinski definition) is 2. The number of hydrogen-bond acceptors (Lipinski definition) is 3. The number of anilines is 1. The van der Waals surface area contributed by atoms with Crippen LogP contribution in [0.4, 0.5) is 10.1 Å². The second-order valence-electron chi connectivity index (χ2n) is 5.51. The Labute approximate surface area is 116 Å². The Balaban J connectivity index is 2.19. The first-order valence-corrected chi connectivity index (χ1v) is 7.43. The highest BCUT2D eigenvalue weighted by molar-refractivity contribution is 7.99. The molecule has 0 saturated carbocycles. The number of carbonyl (C=O) groups is 1. The molecular formula is C14H18FNO2S. The smallest absolute Gasteiger partial charge is 0.338 e. The van der Waals surface area contributed by atoms with Crippen LogP contribution in [0.15, 0.2) is 18.2 Å². The molecule has 1 aromatic carbocycles. The van der Waals surface area contributed by atoms with Crippen LogP contribution < -0.4 is 5.32 Å². The van der Waals surface area contributed by atoms with Crippen molar-refractivity contribution in [2.45, 2.75) is 26.3 Å². The lowest BCUT2D eigenvalue weighted by atomic mass is 9.82. The van der Waals surface area contributed by atoms with Gasteiger partial charge in [-0.3, -0.25) is 0 Å². The summed E-state index contributed by atoms with van der Waals surface area (Å²) >= 11 is 1.89. The summed E-state index contributed by atoms with van der Waals surface area (Å²) in [7, 11) is 0. The SMILES string of the molecule is CC1(C)CCSCC1Nc1ccc(F)c(C(=O)O)c1. The van der Waals surface area contributed by atoms with Crippen molar-refractivity contribution in [2.75, 3.05) is 16.8 Å². The Morgan fingerprint density at radius 3 is 2.89 bits per heavy atom. The first-order valence-electron chi connectivity index (χ1n) is 6.27. The zero-order chi connectivity index (χ0) is 14.0. The van der Waals surface area contributed by atoms with Crippen LogP contribution in [0.25, 0.3) is 0 Å². The number of carboxylic acids is 1. The van der Waals surface area contributed by atoms with E-state index in [0.717, 1.165) is 17.9 Å². The highest BCUT2D eigenvalue weighted by Gasteiger charge is 2.32. The Bertz CT molecular complexity index is 490. The van der Waals surface area contributed by atoms with Crippen molar-refractivity contribution in [3.63, 3.8) is 0 Å². The van der Waals surface area contributed by atoms with Gasteiger partial charge in [0.15, 0.2) is 0 Å². The van der Waals surface area contributed by atoms with Crippen LogP contribution in [-0.4, -0.2) is 28.6 Å². The second kappa shape index (κ2) is 5.41. The lowest BCUT2D eigenvalue weighted by Crippen LogP contribution is -2.41. The van der Waals surface area contributed by atoms with Gasteiger partial charge in [-0.1, -0.05) is 13.8 Å². The fourth-order valence-electron chi connectivity index (χ4n) is 2.15. The molecule has 104 valence electrons. The van der Waals surface area contributed by atoms with Gasteiger partial charge in [-0.15, -0.1) is 0 Å². The van der Waals surface area contributed by atoms with Crippen molar-refractivity contribution in [1.82, 2.24) is 0 Å². The van der Waals surface area contributed by atoms with Crippen LogP contribution in [0.2, 0.25) is 0 Å². The molecular weight excluding hydrogens is 265 g/mol. The number of aromatic carboxylic acids is 1. The van der Waals surface area contributed by atoms with Crippen molar-refractivity contribution in [3.05, 3.63) is 29.6 Å². The molecule has 1 unspecified atom stereocenters. The van der Waals surface area contributed by atoms with Gasteiger partial charge < -0.3 is 10.4 Å². The standard InChI is InChI=1S/C14H18FNO2S/c1-14(2)5-6-19-8-12(14)16-9-3-4-11(15)10(7-9)13(17)18/h3-4,7,12,16H,5-6,8H2,1-2H3,(H,17,18). The van der Waals surface area contributed by atoms with Crippen LogP contribution >= 0.6 is 11.8 Å². The third-order valence-corrected chi connectivity index (χ3v) is 4.72. The number of carboxylic acid groups (broad SMARTS) is 1. The average Bonchev–Trinajstić information content (AvgIpc) is 2.33. The highest BCUT2D eigenvalue weighted by atomic mass is 32.2. The van der Waals surface area contributed by atoms with Crippen LogP contribution in [0, 0.1) is 11.2 Å². The Morgan fingerprint density at radius 2 is 2.26 bits per heavy atom. The summed E-state index contributed by atoms with van der Waals surface area (Å²) < 4.78 is 13.3.